The topological polar surface area (TPSA) is 52.6 Å². The van der Waals surface area contributed by atoms with Gasteiger partial charge in [0.25, 0.3) is 0 Å². The van der Waals surface area contributed by atoms with Gasteiger partial charge in [-0.15, -0.1) is 0 Å². The summed E-state index contributed by atoms with van der Waals surface area (Å²) >= 11 is 0. The molecule has 0 amide bonds. The molecule has 0 atom stereocenters. The van der Waals surface area contributed by atoms with Crippen LogP contribution in [0.5, 0.6) is 5.75 Å². The Balaban J connectivity index is 2.14. The second-order valence-electron chi connectivity index (χ2n) is 7.45. The molecule has 2 aromatic carbocycles. The van der Waals surface area contributed by atoms with Crippen LogP contribution in [-0.2, 0) is 15.9 Å². The van der Waals surface area contributed by atoms with E-state index in [9.17, 15) is 18.2 Å². The van der Waals surface area contributed by atoms with Gasteiger partial charge >= 0.3 is 13.4 Å². The van der Waals surface area contributed by atoms with Gasteiger partial charge in [-0.2, -0.15) is 0 Å². The third-order valence-corrected chi connectivity index (χ3v) is 4.73. The van der Waals surface area contributed by atoms with Crippen molar-refractivity contribution in [1.82, 2.24) is 0 Å². The number of halogens is 2. The Kier molecular flexibility index (Phi) is 9.86. The van der Waals surface area contributed by atoms with E-state index in [1.807, 2.05) is 12.1 Å². The summed E-state index contributed by atoms with van der Waals surface area (Å²) in [4.78, 5) is 24.2. The summed E-state index contributed by atoms with van der Waals surface area (Å²) in [6, 6.07) is 12.9. The molecule has 168 valence electrons. The monoisotopic (exact) mass is 440 g/mol. The maximum atomic E-state index is 13.0. The summed E-state index contributed by atoms with van der Waals surface area (Å²) in [5, 5.41) is 0. The van der Waals surface area contributed by atoms with Crippen molar-refractivity contribution in [1.29, 1.82) is 0 Å². The van der Waals surface area contributed by atoms with Crippen LogP contribution in [0.1, 0.15) is 61.0 Å². The molecule has 0 radical (unpaired) electrons. The van der Waals surface area contributed by atoms with Crippen molar-refractivity contribution < 1.29 is 27.6 Å². The molecule has 0 saturated heterocycles. The van der Waals surface area contributed by atoms with Gasteiger partial charge in [-0.3, -0.25) is 4.79 Å². The summed E-state index contributed by atoms with van der Waals surface area (Å²) in [6.45, 7) is 7.17. The van der Waals surface area contributed by atoms with Gasteiger partial charge in [-0.05, 0) is 49.6 Å². The first-order chi connectivity index (χ1) is 15.3. The molecule has 0 aliphatic heterocycles. The molecule has 0 N–H and O–H groups in total. The number of ketones is 1. The number of carbonyl (C=O) groups excluding carboxylic acids is 2. The highest BCUT2D eigenvalue weighted by atomic mass is 19.2. The van der Waals surface area contributed by atoms with Crippen molar-refractivity contribution in [2.75, 3.05) is 0 Å². The molecule has 0 spiro atoms. The molecule has 0 aliphatic rings. The average Bonchev–Trinajstić information content (AvgIpc) is 2.76. The van der Waals surface area contributed by atoms with Gasteiger partial charge in [0.05, 0.1) is 0 Å². The summed E-state index contributed by atoms with van der Waals surface area (Å²) in [5.74, 6) is -1.05. The summed E-state index contributed by atoms with van der Waals surface area (Å²) in [5.41, 5.74) is 1.98. The van der Waals surface area contributed by atoms with Crippen LogP contribution in [0.25, 0.3) is 5.76 Å². The first-order valence-corrected chi connectivity index (χ1v) is 10.6. The normalized spacial score (nSPS) is 11.1. The predicted octanol–water partition coefficient (Wildman–Crippen LogP) is 6.46. The van der Waals surface area contributed by atoms with Crippen LogP contribution in [0, 0.1) is 0 Å². The second-order valence-corrected chi connectivity index (χ2v) is 7.45. The van der Waals surface area contributed by atoms with E-state index in [0.717, 1.165) is 37.3 Å². The molecule has 2 aromatic rings. The van der Waals surface area contributed by atoms with Gasteiger partial charge < -0.3 is 9.39 Å². The Bertz CT molecular complexity index is 951. The fourth-order valence-corrected chi connectivity index (χ4v) is 2.96. The fraction of sp³-hybridized carbons (Fsp3) is 0.280. The molecule has 0 aliphatic carbocycles. The largest absolute Gasteiger partial charge is 0.796 e. The molecule has 0 heterocycles. The van der Waals surface area contributed by atoms with E-state index in [-0.39, 0.29) is 22.6 Å². The number of ether oxygens (including phenoxy) is 1. The Hall–Kier alpha value is -3.22. The van der Waals surface area contributed by atoms with Crippen LogP contribution >= 0.6 is 0 Å². The fourth-order valence-electron chi connectivity index (χ4n) is 2.96. The Morgan fingerprint density at radius 1 is 0.969 bits per heavy atom. The van der Waals surface area contributed by atoms with E-state index >= 15 is 0 Å². The van der Waals surface area contributed by atoms with Crippen LogP contribution < -0.4 is 4.74 Å². The van der Waals surface area contributed by atoms with Crippen LogP contribution in [0.15, 0.2) is 66.8 Å². The Labute approximate surface area is 188 Å². The lowest BCUT2D eigenvalue weighted by Crippen LogP contribution is -2.08. The first kappa shape index (κ1) is 25.0. The third-order valence-electron chi connectivity index (χ3n) is 4.73. The average molecular weight is 440 g/mol. The molecule has 0 fully saturated rings. The maximum absolute atomic E-state index is 13.0. The molecule has 7 heteroatoms. The number of aryl methyl sites for hydroxylation is 1. The van der Waals surface area contributed by atoms with Crippen molar-refractivity contribution in [3.05, 3.63) is 83.4 Å². The first-order valence-electron chi connectivity index (χ1n) is 10.6. The van der Waals surface area contributed by atoms with Gasteiger partial charge in [0.15, 0.2) is 5.78 Å². The van der Waals surface area contributed by atoms with Crippen molar-refractivity contribution in [2.24, 2.45) is 0 Å². The number of hydrogen-bond donors (Lipinski definition) is 0. The lowest BCUT2D eigenvalue weighted by atomic mass is 10.0. The van der Waals surface area contributed by atoms with Crippen molar-refractivity contribution >= 4 is 25.0 Å². The number of carbonyl (C=O) groups is 2. The van der Waals surface area contributed by atoms with Crippen LogP contribution in [0.2, 0.25) is 0 Å². The molecule has 0 saturated carbocycles. The zero-order valence-electron chi connectivity index (χ0n) is 18.4. The van der Waals surface area contributed by atoms with Crippen molar-refractivity contribution in [3.63, 3.8) is 0 Å². The third kappa shape index (κ3) is 8.14. The lowest BCUT2D eigenvalue weighted by molar-refractivity contribution is -0.130. The summed E-state index contributed by atoms with van der Waals surface area (Å²) < 4.78 is 35.6. The number of allylic oxidation sites excluding steroid dienone is 1. The highest BCUT2D eigenvalue weighted by Crippen LogP contribution is 2.21. The molecular weight excluding hydrogens is 413 g/mol. The van der Waals surface area contributed by atoms with E-state index in [1.54, 1.807) is 12.1 Å². The van der Waals surface area contributed by atoms with Crippen molar-refractivity contribution in [2.45, 2.75) is 46.0 Å². The number of esters is 1. The SMILES string of the molecule is C=C(C)C(=O)Oc1ccc(C(=O)C=C(OB(F)F)c2ccc(CCCCCC)cc2)cc1. The smallest absolute Gasteiger partial charge is 0.505 e. The van der Waals surface area contributed by atoms with Gasteiger partial charge in [-0.1, -0.05) is 57.0 Å². The number of hydrogen-bond acceptors (Lipinski definition) is 4. The number of rotatable bonds is 12. The quantitative estimate of drug-likeness (QED) is 0.0724. The molecule has 0 aromatic heterocycles. The maximum Gasteiger partial charge on any atom is 0.796 e. The minimum atomic E-state index is -3.06. The van der Waals surface area contributed by atoms with E-state index < -0.39 is 19.2 Å². The molecule has 0 bridgehead atoms. The van der Waals surface area contributed by atoms with Crippen LogP contribution in [0.4, 0.5) is 8.63 Å². The Morgan fingerprint density at radius 3 is 2.16 bits per heavy atom. The molecule has 4 nitrogen and oxygen atoms in total. The number of benzene rings is 2. The molecule has 32 heavy (non-hydrogen) atoms. The molecule has 0 unspecified atom stereocenters. The summed E-state index contributed by atoms with van der Waals surface area (Å²) in [7, 11) is -3.06. The van der Waals surface area contributed by atoms with E-state index in [4.69, 9.17) is 4.74 Å². The van der Waals surface area contributed by atoms with E-state index in [0.29, 0.717) is 5.56 Å². The van der Waals surface area contributed by atoms with E-state index in [1.165, 1.54) is 37.6 Å². The Morgan fingerprint density at radius 2 is 1.59 bits per heavy atom. The minimum Gasteiger partial charge on any atom is -0.505 e. The number of unbranched alkanes of at least 4 members (excludes halogenated alkanes) is 3. The van der Waals surface area contributed by atoms with Gasteiger partial charge in [0.2, 0.25) is 0 Å². The zero-order valence-corrected chi connectivity index (χ0v) is 18.4. The highest BCUT2D eigenvalue weighted by Gasteiger charge is 2.21. The highest BCUT2D eigenvalue weighted by molar-refractivity contribution is 6.36. The lowest BCUT2D eigenvalue weighted by Gasteiger charge is -2.10. The minimum absolute atomic E-state index is 0.208. The zero-order chi connectivity index (χ0) is 23.5. The van der Waals surface area contributed by atoms with Gasteiger partial charge in [-0.25, -0.2) is 13.4 Å². The van der Waals surface area contributed by atoms with Crippen LogP contribution in [0.3, 0.4) is 0 Å². The second kappa shape index (κ2) is 12.6. The van der Waals surface area contributed by atoms with E-state index in [2.05, 4.69) is 18.2 Å². The van der Waals surface area contributed by atoms with Gasteiger partial charge in [0.1, 0.15) is 11.5 Å². The molecular formula is C25H27BF2O4. The molecule has 2 rings (SSSR count). The van der Waals surface area contributed by atoms with Gasteiger partial charge in [0, 0.05) is 22.8 Å². The van der Waals surface area contributed by atoms with Crippen LogP contribution in [-0.4, -0.2) is 19.2 Å². The predicted molar refractivity (Wildman–Crippen MR) is 123 cm³/mol. The standard InChI is InChI=1S/C25H27BF2O4/c1-4-5-6-7-8-19-9-11-21(12-10-19)24(32-26(27)28)17-23(29)20-13-15-22(16-14-20)31-25(30)18(2)3/h9-17H,2,4-8H2,1,3H3. The van der Waals surface area contributed by atoms with Crippen molar-refractivity contribution in [3.8, 4) is 5.75 Å². The summed E-state index contributed by atoms with van der Waals surface area (Å²) in [6.07, 6.45) is 6.52.